The molecule has 134 valence electrons. The predicted octanol–water partition coefficient (Wildman–Crippen LogP) is 1.24. The van der Waals surface area contributed by atoms with Crippen LogP contribution in [0.3, 0.4) is 0 Å². The van der Waals surface area contributed by atoms with Crippen molar-refractivity contribution in [2.75, 3.05) is 18.1 Å². The van der Waals surface area contributed by atoms with Crippen LogP contribution in [0.15, 0.2) is 36.7 Å². The number of urea groups is 1. The zero-order valence-electron chi connectivity index (χ0n) is 13.7. The van der Waals surface area contributed by atoms with Crippen molar-refractivity contribution < 1.29 is 17.6 Å². The highest BCUT2D eigenvalue weighted by molar-refractivity contribution is 7.91. The molecule has 3 rings (SSSR count). The molecule has 1 N–H and O–H groups in total. The van der Waals surface area contributed by atoms with E-state index in [9.17, 15) is 17.6 Å². The second-order valence-electron chi connectivity index (χ2n) is 6.06. The SMILES string of the molecule is Cn1cc([C@H]2CS(=O)(=O)CCN2C(=O)NCc2cccc(F)c2)cn1. The topological polar surface area (TPSA) is 84.3 Å². The molecule has 0 bridgehead atoms. The van der Waals surface area contributed by atoms with Crippen LogP contribution in [0.5, 0.6) is 0 Å². The van der Waals surface area contributed by atoms with Crippen LogP contribution in [-0.4, -0.2) is 47.2 Å². The van der Waals surface area contributed by atoms with Gasteiger partial charge in [0.15, 0.2) is 9.84 Å². The average molecular weight is 366 g/mol. The van der Waals surface area contributed by atoms with Crippen molar-refractivity contribution in [3.63, 3.8) is 0 Å². The number of carbonyl (C=O) groups is 1. The number of aryl methyl sites for hydroxylation is 1. The second-order valence-corrected chi connectivity index (χ2v) is 8.29. The van der Waals surface area contributed by atoms with Crippen molar-refractivity contribution in [3.8, 4) is 0 Å². The number of sulfone groups is 1. The summed E-state index contributed by atoms with van der Waals surface area (Å²) in [4.78, 5) is 14.1. The maximum atomic E-state index is 13.2. The zero-order valence-corrected chi connectivity index (χ0v) is 14.5. The van der Waals surface area contributed by atoms with E-state index in [4.69, 9.17) is 0 Å². The van der Waals surface area contributed by atoms with Crippen molar-refractivity contribution in [3.05, 3.63) is 53.6 Å². The lowest BCUT2D eigenvalue weighted by molar-refractivity contribution is 0.180. The van der Waals surface area contributed by atoms with E-state index in [0.717, 1.165) is 0 Å². The van der Waals surface area contributed by atoms with Gasteiger partial charge in [-0.15, -0.1) is 0 Å². The molecule has 2 heterocycles. The molecule has 2 amide bonds. The van der Waals surface area contributed by atoms with Gasteiger partial charge in [0.05, 0.1) is 23.7 Å². The molecular weight excluding hydrogens is 347 g/mol. The van der Waals surface area contributed by atoms with Gasteiger partial charge in [0.25, 0.3) is 0 Å². The number of rotatable bonds is 3. The highest BCUT2D eigenvalue weighted by Gasteiger charge is 2.35. The summed E-state index contributed by atoms with van der Waals surface area (Å²) in [6, 6.07) is 5.00. The lowest BCUT2D eigenvalue weighted by Crippen LogP contribution is -2.49. The number of hydrogen-bond donors (Lipinski definition) is 1. The number of nitrogens with zero attached hydrogens (tertiary/aromatic N) is 3. The van der Waals surface area contributed by atoms with Gasteiger partial charge in [-0.3, -0.25) is 4.68 Å². The number of carbonyl (C=O) groups excluding carboxylic acids is 1. The third-order valence-electron chi connectivity index (χ3n) is 4.13. The van der Waals surface area contributed by atoms with Crippen molar-refractivity contribution in [1.82, 2.24) is 20.0 Å². The first-order chi connectivity index (χ1) is 11.8. The van der Waals surface area contributed by atoms with Gasteiger partial charge in [0, 0.05) is 31.9 Å². The largest absolute Gasteiger partial charge is 0.334 e. The van der Waals surface area contributed by atoms with Crippen LogP contribution in [0.2, 0.25) is 0 Å². The molecule has 0 saturated carbocycles. The summed E-state index contributed by atoms with van der Waals surface area (Å²) in [5.41, 5.74) is 1.31. The van der Waals surface area contributed by atoms with E-state index in [1.54, 1.807) is 36.3 Å². The summed E-state index contributed by atoms with van der Waals surface area (Å²) in [5, 5.41) is 6.79. The Kier molecular flexibility index (Phi) is 4.76. The van der Waals surface area contributed by atoms with Crippen LogP contribution in [0.4, 0.5) is 9.18 Å². The molecule has 0 spiro atoms. The van der Waals surface area contributed by atoms with Crippen LogP contribution < -0.4 is 5.32 Å². The summed E-state index contributed by atoms with van der Waals surface area (Å²) in [6.07, 6.45) is 3.27. The number of benzene rings is 1. The minimum absolute atomic E-state index is 0.0723. The molecule has 25 heavy (non-hydrogen) atoms. The minimum atomic E-state index is -3.22. The Labute approximate surface area is 145 Å². The van der Waals surface area contributed by atoms with E-state index in [2.05, 4.69) is 10.4 Å². The molecule has 1 aromatic heterocycles. The van der Waals surface area contributed by atoms with Gasteiger partial charge in [0.1, 0.15) is 5.82 Å². The third-order valence-corrected chi connectivity index (χ3v) is 5.76. The molecule has 7 nitrogen and oxygen atoms in total. The molecular formula is C16H19FN4O3S. The predicted molar refractivity (Wildman–Crippen MR) is 89.9 cm³/mol. The molecule has 1 aliphatic rings. The number of nitrogens with one attached hydrogen (secondary N) is 1. The fourth-order valence-electron chi connectivity index (χ4n) is 2.86. The van der Waals surface area contributed by atoms with E-state index in [1.165, 1.54) is 17.0 Å². The second kappa shape index (κ2) is 6.83. The normalized spacial score (nSPS) is 19.6. The van der Waals surface area contributed by atoms with Crippen LogP contribution in [0.25, 0.3) is 0 Å². The number of amides is 2. The maximum Gasteiger partial charge on any atom is 0.318 e. The Balaban J connectivity index is 1.74. The molecule has 1 saturated heterocycles. The van der Waals surface area contributed by atoms with Crippen LogP contribution >= 0.6 is 0 Å². The lowest BCUT2D eigenvalue weighted by atomic mass is 10.1. The summed E-state index contributed by atoms with van der Waals surface area (Å²) in [6.45, 7) is 0.274. The van der Waals surface area contributed by atoms with Gasteiger partial charge in [0.2, 0.25) is 0 Å². The summed E-state index contributed by atoms with van der Waals surface area (Å²) >= 11 is 0. The molecule has 1 fully saturated rings. The van der Waals surface area contributed by atoms with Gasteiger partial charge in [-0.2, -0.15) is 5.10 Å². The van der Waals surface area contributed by atoms with E-state index >= 15 is 0 Å². The molecule has 9 heteroatoms. The Morgan fingerprint density at radius 1 is 1.44 bits per heavy atom. The Bertz CT molecular complexity index is 881. The Morgan fingerprint density at radius 2 is 2.24 bits per heavy atom. The number of halogens is 1. The molecule has 1 aromatic carbocycles. The molecule has 0 unspecified atom stereocenters. The number of hydrogen-bond acceptors (Lipinski definition) is 4. The molecule has 1 aliphatic heterocycles. The first-order valence-electron chi connectivity index (χ1n) is 7.82. The van der Waals surface area contributed by atoms with E-state index in [1.807, 2.05) is 0 Å². The molecule has 1 atom stereocenters. The first kappa shape index (κ1) is 17.4. The highest BCUT2D eigenvalue weighted by atomic mass is 32.2. The summed E-state index contributed by atoms with van der Waals surface area (Å²) in [7, 11) is -1.49. The zero-order chi connectivity index (χ0) is 18.0. The first-order valence-corrected chi connectivity index (χ1v) is 9.64. The van der Waals surface area contributed by atoms with E-state index < -0.39 is 15.9 Å². The fourth-order valence-corrected chi connectivity index (χ4v) is 4.36. The quantitative estimate of drug-likeness (QED) is 0.886. The van der Waals surface area contributed by atoms with Crippen LogP contribution in [-0.2, 0) is 23.4 Å². The Morgan fingerprint density at radius 3 is 2.92 bits per heavy atom. The van der Waals surface area contributed by atoms with Crippen molar-refractivity contribution >= 4 is 15.9 Å². The van der Waals surface area contributed by atoms with Gasteiger partial charge < -0.3 is 10.2 Å². The van der Waals surface area contributed by atoms with Crippen LogP contribution in [0, 0.1) is 5.82 Å². The van der Waals surface area contributed by atoms with Crippen molar-refractivity contribution in [2.24, 2.45) is 7.05 Å². The van der Waals surface area contributed by atoms with Crippen molar-refractivity contribution in [1.29, 1.82) is 0 Å². The standard InChI is InChI=1S/C16H19FN4O3S/c1-20-10-13(9-19-20)15-11-25(23,24)6-5-21(15)16(22)18-8-12-3-2-4-14(17)7-12/h2-4,7,9-10,15H,5-6,8,11H2,1H3,(H,18,22)/t15-/m1/s1. The third kappa shape index (κ3) is 4.16. The van der Waals surface area contributed by atoms with Crippen molar-refractivity contribution in [2.45, 2.75) is 12.6 Å². The van der Waals surface area contributed by atoms with E-state index in [-0.39, 0.29) is 36.4 Å². The van der Waals surface area contributed by atoms with Gasteiger partial charge in [-0.25, -0.2) is 17.6 Å². The number of aromatic nitrogens is 2. The average Bonchev–Trinajstić information content (AvgIpc) is 2.98. The summed E-state index contributed by atoms with van der Waals surface area (Å²) in [5.74, 6) is -0.576. The smallest absolute Gasteiger partial charge is 0.318 e. The molecule has 0 aliphatic carbocycles. The maximum absolute atomic E-state index is 13.2. The summed E-state index contributed by atoms with van der Waals surface area (Å²) < 4.78 is 38.8. The van der Waals surface area contributed by atoms with Gasteiger partial charge in [-0.05, 0) is 17.7 Å². The fraction of sp³-hybridized carbons (Fsp3) is 0.375. The van der Waals surface area contributed by atoms with Crippen LogP contribution in [0.1, 0.15) is 17.2 Å². The highest BCUT2D eigenvalue weighted by Crippen LogP contribution is 2.26. The molecule has 0 radical (unpaired) electrons. The van der Waals surface area contributed by atoms with Gasteiger partial charge >= 0.3 is 6.03 Å². The van der Waals surface area contributed by atoms with E-state index in [0.29, 0.717) is 11.1 Å². The Hall–Kier alpha value is -2.42. The molecule has 2 aromatic rings. The van der Waals surface area contributed by atoms with Gasteiger partial charge in [-0.1, -0.05) is 12.1 Å². The lowest BCUT2D eigenvalue weighted by Gasteiger charge is -2.35. The monoisotopic (exact) mass is 366 g/mol. The minimum Gasteiger partial charge on any atom is -0.334 e.